The summed E-state index contributed by atoms with van der Waals surface area (Å²) in [5, 5.41) is 9.69. The second-order valence-corrected chi connectivity index (χ2v) is 5.21. The van der Waals surface area contributed by atoms with Crippen molar-refractivity contribution < 1.29 is 18.3 Å². The molecule has 1 fully saturated rings. The summed E-state index contributed by atoms with van der Waals surface area (Å²) < 4.78 is 35.7. The second-order valence-electron chi connectivity index (χ2n) is 4.05. The predicted molar refractivity (Wildman–Crippen MR) is 55.7 cm³/mol. The number of aliphatic hydroxyl groups is 1. The van der Waals surface area contributed by atoms with Crippen molar-refractivity contribution in [2.45, 2.75) is 50.1 Å². The first-order chi connectivity index (χ1) is 6.99. The van der Waals surface area contributed by atoms with Crippen molar-refractivity contribution in [2.24, 2.45) is 5.92 Å². The van der Waals surface area contributed by atoms with Crippen LogP contribution in [0.4, 0.5) is 13.2 Å². The van der Waals surface area contributed by atoms with Gasteiger partial charge in [-0.25, -0.2) is 0 Å². The van der Waals surface area contributed by atoms with Crippen LogP contribution in [0.25, 0.3) is 0 Å². The first-order valence-electron chi connectivity index (χ1n) is 5.38. The molecule has 0 aromatic carbocycles. The number of halogens is 3. The molecule has 1 saturated carbocycles. The van der Waals surface area contributed by atoms with Gasteiger partial charge < -0.3 is 5.11 Å². The minimum absolute atomic E-state index is 0.0249. The Balaban J connectivity index is 2.23. The van der Waals surface area contributed by atoms with Crippen molar-refractivity contribution in [3.05, 3.63) is 0 Å². The van der Waals surface area contributed by atoms with E-state index in [-0.39, 0.29) is 29.5 Å². The van der Waals surface area contributed by atoms with Crippen molar-refractivity contribution in [3.8, 4) is 0 Å². The molecule has 2 unspecified atom stereocenters. The number of aliphatic hydroxyl groups excluding tert-OH is 1. The number of hydrogen-bond acceptors (Lipinski definition) is 2. The summed E-state index contributed by atoms with van der Waals surface area (Å²) in [6.45, 7) is 0. The zero-order valence-electron chi connectivity index (χ0n) is 8.59. The first kappa shape index (κ1) is 13.2. The van der Waals surface area contributed by atoms with Crippen molar-refractivity contribution in [1.82, 2.24) is 0 Å². The van der Waals surface area contributed by atoms with Crippen LogP contribution < -0.4 is 0 Å². The molecule has 15 heavy (non-hydrogen) atoms. The second kappa shape index (κ2) is 5.99. The molecular formula is C10H17F3OS. The van der Waals surface area contributed by atoms with Crippen LogP contribution in [0.2, 0.25) is 0 Å². The lowest BCUT2D eigenvalue weighted by atomic mass is 9.95. The highest BCUT2D eigenvalue weighted by Gasteiger charge is 2.29. The maximum absolute atomic E-state index is 11.9. The van der Waals surface area contributed by atoms with Gasteiger partial charge in [0.05, 0.1) is 6.10 Å². The normalized spacial score (nSPS) is 28.8. The van der Waals surface area contributed by atoms with Crippen LogP contribution in [0, 0.1) is 5.92 Å². The van der Waals surface area contributed by atoms with Gasteiger partial charge in [0.1, 0.15) is 0 Å². The van der Waals surface area contributed by atoms with E-state index in [4.69, 9.17) is 0 Å². The summed E-state index contributed by atoms with van der Waals surface area (Å²) in [5.41, 5.74) is -4.13. The minimum atomic E-state index is -4.13. The van der Waals surface area contributed by atoms with Gasteiger partial charge in [-0.1, -0.05) is 31.0 Å². The SMILES string of the molecule is OC1CCCCCC1CCSC(F)(F)F. The molecule has 90 valence electrons. The quantitative estimate of drug-likeness (QED) is 0.763. The van der Waals surface area contributed by atoms with E-state index >= 15 is 0 Å². The number of rotatable bonds is 3. The molecule has 1 aliphatic rings. The van der Waals surface area contributed by atoms with E-state index in [9.17, 15) is 18.3 Å². The molecule has 0 radical (unpaired) electrons. The van der Waals surface area contributed by atoms with E-state index in [1.54, 1.807) is 0 Å². The van der Waals surface area contributed by atoms with Gasteiger partial charge >= 0.3 is 5.51 Å². The molecule has 1 aliphatic carbocycles. The third-order valence-corrected chi connectivity index (χ3v) is 3.64. The van der Waals surface area contributed by atoms with Crippen LogP contribution in [0.15, 0.2) is 0 Å². The fraction of sp³-hybridized carbons (Fsp3) is 1.00. The lowest BCUT2D eigenvalue weighted by Crippen LogP contribution is -2.20. The van der Waals surface area contributed by atoms with Gasteiger partial charge in [-0.05, 0) is 25.2 Å². The third kappa shape index (κ3) is 5.66. The maximum atomic E-state index is 11.9. The molecule has 5 heteroatoms. The largest absolute Gasteiger partial charge is 0.441 e. The Labute approximate surface area is 92.4 Å². The zero-order chi connectivity index (χ0) is 11.3. The number of alkyl halides is 3. The van der Waals surface area contributed by atoms with E-state index in [0.29, 0.717) is 6.42 Å². The highest BCUT2D eigenvalue weighted by molar-refractivity contribution is 8.00. The molecule has 0 aromatic rings. The van der Waals surface area contributed by atoms with Gasteiger partial charge in [-0.3, -0.25) is 0 Å². The summed E-state index contributed by atoms with van der Waals surface area (Å²) in [6.07, 6.45) is 4.86. The summed E-state index contributed by atoms with van der Waals surface area (Å²) in [7, 11) is 0. The van der Waals surface area contributed by atoms with Crippen LogP contribution in [0.5, 0.6) is 0 Å². The van der Waals surface area contributed by atoms with Gasteiger partial charge in [-0.15, -0.1) is 0 Å². The highest BCUT2D eigenvalue weighted by atomic mass is 32.2. The standard InChI is InChI=1S/C10H17F3OS/c11-10(12,13)15-7-6-8-4-2-1-3-5-9(8)14/h8-9,14H,1-7H2. The molecule has 1 rings (SSSR count). The molecule has 0 amide bonds. The van der Waals surface area contributed by atoms with Crippen LogP contribution in [-0.4, -0.2) is 22.5 Å². The molecule has 2 atom stereocenters. The fourth-order valence-electron chi connectivity index (χ4n) is 2.03. The molecule has 0 bridgehead atoms. The number of hydrogen-bond donors (Lipinski definition) is 1. The lowest BCUT2D eigenvalue weighted by molar-refractivity contribution is -0.0329. The predicted octanol–water partition coefficient (Wildman–Crippen LogP) is 3.57. The van der Waals surface area contributed by atoms with Gasteiger partial charge in [0, 0.05) is 5.75 Å². The van der Waals surface area contributed by atoms with E-state index < -0.39 is 5.51 Å². The van der Waals surface area contributed by atoms with Crippen LogP contribution in [0.1, 0.15) is 38.5 Å². The summed E-state index contributed by atoms with van der Waals surface area (Å²) in [5.74, 6) is 0.146. The molecule has 0 saturated heterocycles. The molecule has 0 spiro atoms. The Morgan fingerprint density at radius 3 is 2.47 bits per heavy atom. The van der Waals surface area contributed by atoms with Gasteiger partial charge in [0.15, 0.2) is 0 Å². The van der Waals surface area contributed by atoms with Crippen LogP contribution in [-0.2, 0) is 0 Å². The Kier molecular flexibility index (Phi) is 5.26. The summed E-state index contributed by atoms with van der Waals surface area (Å²) in [6, 6.07) is 0. The monoisotopic (exact) mass is 242 g/mol. The van der Waals surface area contributed by atoms with Crippen molar-refractivity contribution in [2.75, 3.05) is 5.75 Å². The van der Waals surface area contributed by atoms with Crippen LogP contribution >= 0.6 is 11.8 Å². The average molecular weight is 242 g/mol. The molecule has 0 aliphatic heterocycles. The summed E-state index contributed by atoms with van der Waals surface area (Å²) in [4.78, 5) is 0. The Hall–Kier alpha value is 0.100. The van der Waals surface area contributed by atoms with E-state index in [2.05, 4.69) is 0 Å². The minimum Gasteiger partial charge on any atom is -0.393 e. The van der Waals surface area contributed by atoms with E-state index in [0.717, 1.165) is 32.1 Å². The Morgan fingerprint density at radius 1 is 1.13 bits per heavy atom. The average Bonchev–Trinajstić information content (AvgIpc) is 2.30. The highest BCUT2D eigenvalue weighted by Crippen LogP contribution is 2.33. The van der Waals surface area contributed by atoms with Crippen molar-refractivity contribution >= 4 is 11.8 Å². The van der Waals surface area contributed by atoms with Crippen molar-refractivity contribution in [3.63, 3.8) is 0 Å². The van der Waals surface area contributed by atoms with Gasteiger partial charge in [0.25, 0.3) is 0 Å². The fourth-order valence-corrected chi connectivity index (χ4v) is 2.68. The molecule has 1 nitrogen and oxygen atoms in total. The maximum Gasteiger partial charge on any atom is 0.441 e. The van der Waals surface area contributed by atoms with Gasteiger partial charge in [0.2, 0.25) is 0 Å². The number of thioether (sulfide) groups is 1. The molecule has 0 aromatic heterocycles. The topological polar surface area (TPSA) is 20.2 Å². The van der Waals surface area contributed by atoms with E-state index in [1.165, 1.54) is 0 Å². The van der Waals surface area contributed by atoms with Crippen LogP contribution in [0.3, 0.4) is 0 Å². The van der Waals surface area contributed by atoms with Crippen molar-refractivity contribution in [1.29, 1.82) is 0 Å². The lowest BCUT2D eigenvalue weighted by Gasteiger charge is -2.20. The first-order valence-corrected chi connectivity index (χ1v) is 6.36. The van der Waals surface area contributed by atoms with Gasteiger partial charge in [-0.2, -0.15) is 13.2 Å². The smallest absolute Gasteiger partial charge is 0.393 e. The molecule has 1 N–H and O–H groups in total. The molecular weight excluding hydrogens is 225 g/mol. The van der Waals surface area contributed by atoms with E-state index in [1.807, 2.05) is 0 Å². The third-order valence-electron chi connectivity index (χ3n) is 2.87. The summed E-state index contributed by atoms with van der Waals surface area (Å²) >= 11 is 0.0249. The Bertz CT molecular complexity index is 184. The zero-order valence-corrected chi connectivity index (χ0v) is 9.41. The molecule has 0 heterocycles. The Morgan fingerprint density at radius 2 is 1.80 bits per heavy atom.